The highest BCUT2D eigenvalue weighted by molar-refractivity contribution is 7.89. The minimum absolute atomic E-state index is 0.0929. The lowest BCUT2D eigenvalue weighted by molar-refractivity contribution is -0.124. The van der Waals surface area contributed by atoms with Crippen LogP contribution in [-0.2, 0) is 14.8 Å². The van der Waals surface area contributed by atoms with Gasteiger partial charge in [-0.25, -0.2) is 8.42 Å². The highest BCUT2D eigenvalue weighted by Crippen LogP contribution is 2.26. The van der Waals surface area contributed by atoms with Gasteiger partial charge in [-0.3, -0.25) is 4.79 Å². The Labute approximate surface area is 155 Å². The van der Waals surface area contributed by atoms with Gasteiger partial charge in [0.15, 0.2) is 0 Å². The average Bonchev–Trinajstić information content (AvgIpc) is 3.12. The minimum Gasteiger partial charge on any atom is -0.348 e. The van der Waals surface area contributed by atoms with Crippen LogP contribution in [-0.4, -0.2) is 37.0 Å². The van der Waals surface area contributed by atoms with Crippen LogP contribution in [0, 0.1) is 0 Å². The summed E-state index contributed by atoms with van der Waals surface area (Å²) in [7, 11) is -3.37. The molecule has 1 fully saturated rings. The Morgan fingerprint density at radius 2 is 1.96 bits per heavy atom. The molecule has 3 rings (SSSR count). The van der Waals surface area contributed by atoms with E-state index in [-0.39, 0.29) is 17.7 Å². The second-order valence-corrected chi connectivity index (χ2v) is 8.92. The molecule has 0 bridgehead atoms. The number of fused-ring (bicyclic) bond motifs is 1. The maximum atomic E-state index is 12.8. The van der Waals surface area contributed by atoms with Crippen molar-refractivity contribution in [1.82, 2.24) is 9.62 Å². The maximum Gasteiger partial charge on any atom is 0.238 e. The molecule has 0 radical (unpaired) electrons. The summed E-state index contributed by atoms with van der Waals surface area (Å²) in [5, 5.41) is 5.26. The number of rotatable bonds is 6. The number of nitrogens with one attached hydrogen (secondary N) is 1. The number of carbonyl (C=O) groups excluding carboxylic acids is 1. The molecule has 0 spiro atoms. The van der Waals surface area contributed by atoms with Crippen molar-refractivity contribution in [2.24, 2.45) is 0 Å². The van der Waals surface area contributed by atoms with E-state index >= 15 is 0 Å². The van der Waals surface area contributed by atoms with E-state index in [1.807, 2.05) is 56.3 Å². The molecule has 1 aliphatic heterocycles. The molecule has 1 N–H and O–H groups in total. The lowest BCUT2D eigenvalue weighted by Crippen LogP contribution is -2.47. The van der Waals surface area contributed by atoms with E-state index in [2.05, 4.69) is 5.32 Å². The zero-order chi connectivity index (χ0) is 18.7. The van der Waals surface area contributed by atoms with Crippen molar-refractivity contribution in [2.45, 2.75) is 45.2 Å². The van der Waals surface area contributed by atoms with E-state index < -0.39 is 16.1 Å². The number of amides is 1. The molecule has 2 aromatic rings. The van der Waals surface area contributed by atoms with Crippen LogP contribution in [0.15, 0.2) is 42.5 Å². The average molecular weight is 375 g/mol. The molecule has 0 unspecified atom stereocenters. The molecular formula is C20H26N2O3S. The van der Waals surface area contributed by atoms with Gasteiger partial charge < -0.3 is 5.32 Å². The third-order valence-corrected chi connectivity index (χ3v) is 7.05. The fraction of sp³-hybridized carbons (Fsp3) is 0.450. The van der Waals surface area contributed by atoms with Gasteiger partial charge in [-0.1, -0.05) is 49.4 Å². The van der Waals surface area contributed by atoms with Gasteiger partial charge in [-0.05, 0) is 42.5 Å². The van der Waals surface area contributed by atoms with Crippen molar-refractivity contribution in [1.29, 1.82) is 0 Å². The first-order valence-electron chi connectivity index (χ1n) is 9.21. The third kappa shape index (κ3) is 3.76. The minimum atomic E-state index is -3.37. The third-order valence-electron chi connectivity index (χ3n) is 4.97. The van der Waals surface area contributed by atoms with Gasteiger partial charge in [0, 0.05) is 6.54 Å². The van der Waals surface area contributed by atoms with Gasteiger partial charge in [-0.2, -0.15) is 4.31 Å². The lowest BCUT2D eigenvalue weighted by Gasteiger charge is -2.25. The van der Waals surface area contributed by atoms with E-state index in [0.29, 0.717) is 19.4 Å². The monoisotopic (exact) mass is 374 g/mol. The number of hydrogen-bond donors (Lipinski definition) is 1. The highest BCUT2D eigenvalue weighted by Gasteiger charge is 2.38. The van der Waals surface area contributed by atoms with E-state index in [4.69, 9.17) is 0 Å². The molecular weight excluding hydrogens is 348 g/mol. The van der Waals surface area contributed by atoms with Crippen molar-refractivity contribution in [3.05, 3.63) is 48.0 Å². The zero-order valence-corrected chi connectivity index (χ0v) is 16.1. The topological polar surface area (TPSA) is 66.5 Å². The van der Waals surface area contributed by atoms with E-state index in [0.717, 1.165) is 22.8 Å². The number of nitrogens with zero attached hydrogens (tertiary/aromatic N) is 1. The number of carbonyl (C=O) groups is 1. The Balaban J connectivity index is 1.78. The molecule has 2 atom stereocenters. The first kappa shape index (κ1) is 18.9. The summed E-state index contributed by atoms with van der Waals surface area (Å²) in [6.45, 7) is 4.22. The highest BCUT2D eigenvalue weighted by atomic mass is 32.2. The Kier molecular flexibility index (Phi) is 5.63. The van der Waals surface area contributed by atoms with E-state index in [9.17, 15) is 13.2 Å². The Morgan fingerprint density at radius 3 is 2.73 bits per heavy atom. The first-order valence-corrected chi connectivity index (χ1v) is 10.8. The zero-order valence-electron chi connectivity index (χ0n) is 15.3. The van der Waals surface area contributed by atoms with Crippen LogP contribution in [0.5, 0.6) is 0 Å². The standard InChI is InChI=1S/C20H26N2O3S/c1-3-14-26(24,25)22-13-7-12-19(22)20(23)21-15(2)17-11-6-9-16-8-4-5-10-18(16)17/h4-6,8-11,15,19H,3,7,12-14H2,1-2H3,(H,21,23)/t15-,19+/m0/s1. The van der Waals surface area contributed by atoms with E-state index in [1.54, 1.807) is 0 Å². The fourth-order valence-electron chi connectivity index (χ4n) is 3.73. The van der Waals surface area contributed by atoms with Crippen LogP contribution < -0.4 is 5.32 Å². The second-order valence-electron chi connectivity index (χ2n) is 6.88. The molecule has 26 heavy (non-hydrogen) atoms. The van der Waals surface area contributed by atoms with Crippen LogP contribution in [0.1, 0.15) is 44.7 Å². The van der Waals surface area contributed by atoms with Gasteiger partial charge in [0.25, 0.3) is 0 Å². The molecule has 140 valence electrons. The smallest absolute Gasteiger partial charge is 0.238 e. The number of hydrogen-bond acceptors (Lipinski definition) is 3. The lowest BCUT2D eigenvalue weighted by atomic mass is 9.99. The Bertz CT molecular complexity index is 890. The van der Waals surface area contributed by atoms with Crippen molar-refractivity contribution in [3.8, 4) is 0 Å². The van der Waals surface area contributed by atoms with Crippen LogP contribution in [0.4, 0.5) is 0 Å². The van der Waals surface area contributed by atoms with Crippen molar-refractivity contribution in [3.63, 3.8) is 0 Å². The number of benzene rings is 2. The molecule has 6 heteroatoms. The molecule has 1 heterocycles. The molecule has 1 amide bonds. The Hall–Kier alpha value is -1.92. The SMILES string of the molecule is CCCS(=O)(=O)N1CCC[C@@H]1C(=O)N[C@@H](C)c1cccc2ccccc12. The molecule has 0 aromatic heterocycles. The summed E-state index contributed by atoms with van der Waals surface area (Å²) in [6.07, 6.45) is 1.86. The van der Waals surface area contributed by atoms with Gasteiger partial charge in [0.05, 0.1) is 11.8 Å². The molecule has 1 saturated heterocycles. The summed E-state index contributed by atoms with van der Waals surface area (Å²) in [6, 6.07) is 13.3. The van der Waals surface area contributed by atoms with Crippen LogP contribution in [0.25, 0.3) is 10.8 Å². The van der Waals surface area contributed by atoms with Gasteiger partial charge in [0.1, 0.15) is 6.04 Å². The van der Waals surface area contributed by atoms with Gasteiger partial charge >= 0.3 is 0 Å². The van der Waals surface area contributed by atoms with Crippen molar-refractivity contribution >= 4 is 26.7 Å². The van der Waals surface area contributed by atoms with Crippen molar-refractivity contribution in [2.75, 3.05) is 12.3 Å². The van der Waals surface area contributed by atoms with Crippen LogP contribution in [0.3, 0.4) is 0 Å². The predicted molar refractivity (Wildman–Crippen MR) is 104 cm³/mol. The maximum absolute atomic E-state index is 12.8. The van der Waals surface area contributed by atoms with Gasteiger partial charge in [0.2, 0.25) is 15.9 Å². The quantitative estimate of drug-likeness (QED) is 0.844. The molecule has 1 aliphatic rings. The second kappa shape index (κ2) is 7.76. The Morgan fingerprint density at radius 1 is 1.23 bits per heavy atom. The predicted octanol–water partition coefficient (Wildman–Crippen LogP) is 3.22. The molecule has 0 aliphatic carbocycles. The molecule has 0 saturated carbocycles. The number of sulfonamides is 1. The fourth-order valence-corrected chi connectivity index (χ4v) is 5.47. The van der Waals surface area contributed by atoms with E-state index in [1.165, 1.54) is 4.31 Å². The largest absolute Gasteiger partial charge is 0.348 e. The molecule has 5 nitrogen and oxygen atoms in total. The summed E-state index contributed by atoms with van der Waals surface area (Å²) in [5.74, 6) is -0.113. The normalized spacial score (nSPS) is 19.5. The molecule has 2 aromatic carbocycles. The van der Waals surface area contributed by atoms with Crippen LogP contribution in [0.2, 0.25) is 0 Å². The summed E-state index contributed by atoms with van der Waals surface area (Å²) in [4.78, 5) is 12.8. The summed E-state index contributed by atoms with van der Waals surface area (Å²) >= 11 is 0. The summed E-state index contributed by atoms with van der Waals surface area (Å²) < 4.78 is 26.2. The first-order chi connectivity index (χ1) is 12.4. The van der Waals surface area contributed by atoms with Crippen molar-refractivity contribution < 1.29 is 13.2 Å². The van der Waals surface area contributed by atoms with Crippen LogP contribution >= 0.6 is 0 Å². The van der Waals surface area contributed by atoms with Gasteiger partial charge in [-0.15, -0.1) is 0 Å². The summed E-state index contributed by atoms with van der Waals surface area (Å²) in [5.41, 5.74) is 1.04.